The second-order valence-corrected chi connectivity index (χ2v) is 8.92. The maximum atomic E-state index is 12.9. The minimum atomic E-state index is -3.78. The van der Waals surface area contributed by atoms with Crippen LogP contribution in [0.25, 0.3) is 5.69 Å². The molecule has 27 heavy (non-hydrogen) atoms. The third-order valence-electron chi connectivity index (χ3n) is 4.77. The van der Waals surface area contributed by atoms with Crippen LogP contribution >= 0.6 is 15.9 Å². The van der Waals surface area contributed by atoms with Gasteiger partial charge in [-0.25, -0.2) is 9.40 Å². The molecule has 1 aromatic heterocycles. The molecule has 0 saturated carbocycles. The van der Waals surface area contributed by atoms with Gasteiger partial charge in [0, 0.05) is 24.1 Å². The van der Waals surface area contributed by atoms with Crippen molar-refractivity contribution in [2.75, 3.05) is 19.6 Å². The Morgan fingerprint density at radius 3 is 2.67 bits per heavy atom. The summed E-state index contributed by atoms with van der Waals surface area (Å²) in [5.74, 6) is -0.873. The summed E-state index contributed by atoms with van der Waals surface area (Å²) in [7, 11) is -3.78. The molecule has 2 saturated heterocycles. The van der Waals surface area contributed by atoms with Crippen LogP contribution in [-0.2, 0) is 15.0 Å². The van der Waals surface area contributed by atoms with Gasteiger partial charge in [0.1, 0.15) is 6.04 Å². The first-order valence-corrected chi connectivity index (χ1v) is 10.4. The Balaban J connectivity index is 1.58. The number of halogens is 1. The lowest BCUT2D eigenvalue weighted by Gasteiger charge is -2.34. The van der Waals surface area contributed by atoms with E-state index in [9.17, 15) is 18.0 Å². The van der Waals surface area contributed by atoms with Crippen molar-refractivity contribution in [1.82, 2.24) is 23.7 Å². The van der Waals surface area contributed by atoms with Crippen molar-refractivity contribution in [1.29, 1.82) is 0 Å². The van der Waals surface area contributed by atoms with Crippen LogP contribution in [0.2, 0.25) is 0 Å². The molecular weight excluding hydrogens is 438 g/mol. The van der Waals surface area contributed by atoms with E-state index in [2.05, 4.69) is 21.0 Å². The molecule has 0 spiro atoms. The number of rotatable bonds is 2. The fourth-order valence-electron chi connectivity index (χ4n) is 3.34. The number of nitrogens with one attached hydrogen (secondary N) is 1. The fourth-order valence-corrected chi connectivity index (χ4v) is 4.93. The van der Waals surface area contributed by atoms with Gasteiger partial charge in [-0.05, 0) is 31.2 Å². The summed E-state index contributed by atoms with van der Waals surface area (Å²) in [5.41, 5.74) is 1.92. The topological polar surface area (TPSA) is 105 Å². The van der Waals surface area contributed by atoms with Crippen molar-refractivity contribution in [3.8, 4) is 5.69 Å². The molecule has 0 bridgehead atoms. The summed E-state index contributed by atoms with van der Waals surface area (Å²) in [6.07, 6.45) is 1.50. The van der Waals surface area contributed by atoms with Gasteiger partial charge in [-0.3, -0.25) is 9.59 Å². The Labute approximate surface area is 164 Å². The summed E-state index contributed by atoms with van der Waals surface area (Å²) >= 11 is 3.38. The highest BCUT2D eigenvalue weighted by Crippen LogP contribution is 2.23. The number of carbonyl (C=O) groups excluding carboxylic acids is 2. The van der Waals surface area contributed by atoms with Crippen LogP contribution in [0.4, 0.5) is 0 Å². The Hall–Kier alpha value is -2.24. The van der Waals surface area contributed by atoms with Crippen LogP contribution in [0.15, 0.2) is 34.9 Å². The average Bonchev–Trinajstić information content (AvgIpc) is 3.12. The Morgan fingerprint density at radius 2 is 1.96 bits per heavy atom. The molecule has 1 atom stereocenters. The first-order valence-electron chi connectivity index (χ1n) is 8.21. The zero-order valence-electron chi connectivity index (χ0n) is 14.3. The van der Waals surface area contributed by atoms with E-state index >= 15 is 0 Å². The van der Waals surface area contributed by atoms with E-state index in [0.717, 1.165) is 14.5 Å². The lowest BCUT2D eigenvalue weighted by atomic mass is 10.1. The van der Waals surface area contributed by atoms with Gasteiger partial charge in [0.2, 0.25) is 0 Å². The van der Waals surface area contributed by atoms with E-state index in [4.69, 9.17) is 0 Å². The standard InChI is InChI=1S/C16H16BrN5O4S/c1-10-13(8-18-22(10)12-4-2-11(17)3-5-12)16(24)20-6-7-21-14(9-20)15(23)19-27(21,25)26/h2-5,8,14H,6-7,9H2,1H3,(H,19,23). The molecule has 2 fully saturated rings. The van der Waals surface area contributed by atoms with Gasteiger partial charge < -0.3 is 4.90 Å². The largest absolute Gasteiger partial charge is 0.335 e. The third-order valence-corrected chi connectivity index (χ3v) is 6.81. The molecule has 9 nitrogen and oxygen atoms in total. The highest BCUT2D eigenvalue weighted by Gasteiger charge is 2.47. The normalized spacial score (nSPS) is 21.8. The fraction of sp³-hybridized carbons (Fsp3) is 0.312. The molecule has 4 rings (SSSR count). The van der Waals surface area contributed by atoms with Gasteiger partial charge in [-0.2, -0.15) is 17.8 Å². The number of fused-ring (bicyclic) bond motifs is 1. The molecule has 2 aromatic rings. The summed E-state index contributed by atoms with van der Waals surface area (Å²) < 4.78 is 29.4. The molecule has 2 amide bonds. The number of aromatic nitrogens is 2. The zero-order valence-corrected chi connectivity index (χ0v) is 16.7. The number of carbonyl (C=O) groups is 2. The summed E-state index contributed by atoms with van der Waals surface area (Å²) in [4.78, 5) is 26.4. The predicted octanol–water partition coefficient (Wildman–Crippen LogP) is 0.444. The first-order chi connectivity index (χ1) is 12.8. The summed E-state index contributed by atoms with van der Waals surface area (Å²) in [6, 6.07) is 6.65. The van der Waals surface area contributed by atoms with Crippen molar-refractivity contribution in [2.45, 2.75) is 13.0 Å². The SMILES string of the molecule is Cc1c(C(=O)N2CCN3C(C2)C(=O)NS3(=O)=O)cnn1-c1ccc(Br)cc1. The van der Waals surface area contributed by atoms with Crippen molar-refractivity contribution in [3.05, 3.63) is 46.2 Å². The number of benzene rings is 1. The molecular formula is C16H16BrN5O4S. The minimum Gasteiger partial charge on any atom is -0.335 e. The van der Waals surface area contributed by atoms with Gasteiger partial charge in [0.15, 0.2) is 0 Å². The van der Waals surface area contributed by atoms with Gasteiger partial charge in [0.25, 0.3) is 11.8 Å². The maximum Gasteiger partial charge on any atom is 0.304 e. The minimum absolute atomic E-state index is 0.0206. The summed E-state index contributed by atoms with van der Waals surface area (Å²) in [5, 5.41) is 4.30. The quantitative estimate of drug-likeness (QED) is 0.710. The Bertz CT molecular complexity index is 1030. The highest BCUT2D eigenvalue weighted by atomic mass is 79.9. The van der Waals surface area contributed by atoms with Gasteiger partial charge in [-0.15, -0.1) is 0 Å². The third kappa shape index (κ3) is 3.05. The molecule has 1 aromatic carbocycles. The number of nitrogens with zero attached hydrogens (tertiary/aromatic N) is 4. The number of hydrogen-bond acceptors (Lipinski definition) is 5. The van der Waals surface area contributed by atoms with Crippen molar-refractivity contribution in [2.24, 2.45) is 0 Å². The molecule has 3 heterocycles. The maximum absolute atomic E-state index is 12.9. The lowest BCUT2D eigenvalue weighted by molar-refractivity contribution is -0.122. The van der Waals surface area contributed by atoms with Gasteiger partial charge in [0.05, 0.1) is 23.1 Å². The molecule has 2 aliphatic rings. The smallest absolute Gasteiger partial charge is 0.304 e. The van der Waals surface area contributed by atoms with E-state index in [-0.39, 0.29) is 25.5 Å². The van der Waals surface area contributed by atoms with E-state index < -0.39 is 22.2 Å². The first kappa shape index (κ1) is 18.1. The van der Waals surface area contributed by atoms with Crippen molar-refractivity contribution < 1.29 is 18.0 Å². The molecule has 1 N–H and O–H groups in total. The molecule has 2 aliphatic heterocycles. The van der Waals surface area contributed by atoms with Crippen molar-refractivity contribution >= 4 is 38.0 Å². The second-order valence-electron chi connectivity index (χ2n) is 6.38. The molecule has 11 heteroatoms. The van der Waals surface area contributed by atoms with Gasteiger partial charge in [-0.1, -0.05) is 15.9 Å². The second kappa shape index (κ2) is 6.43. The molecule has 0 radical (unpaired) electrons. The molecule has 1 unspecified atom stereocenters. The average molecular weight is 454 g/mol. The zero-order chi connectivity index (χ0) is 19.3. The van der Waals surface area contributed by atoms with Crippen molar-refractivity contribution in [3.63, 3.8) is 0 Å². The van der Waals surface area contributed by atoms with Crippen LogP contribution in [0.5, 0.6) is 0 Å². The van der Waals surface area contributed by atoms with Crippen LogP contribution in [-0.4, -0.2) is 64.9 Å². The van der Waals surface area contributed by atoms with Crippen LogP contribution < -0.4 is 4.72 Å². The van der Waals surface area contributed by atoms with Crippen LogP contribution in [0, 0.1) is 6.92 Å². The van der Waals surface area contributed by atoms with E-state index in [1.807, 2.05) is 29.0 Å². The van der Waals surface area contributed by atoms with E-state index in [1.165, 1.54) is 11.1 Å². The van der Waals surface area contributed by atoms with Gasteiger partial charge >= 0.3 is 10.2 Å². The summed E-state index contributed by atoms with van der Waals surface area (Å²) in [6.45, 7) is 2.11. The Kier molecular flexibility index (Phi) is 4.32. The van der Waals surface area contributed by atoms with E-state index in [0.29, 0.717) is 11.3 Å². The van der Waals surface area contributed by atoms with Crippen LogP contribution in [0.1, 0.15) is 16.1 Å². The number of hydrogen-bond donors (Lipinski definition) is 1. The predicted molar refractivity (Wildman–Crippen MR) is 99.5 cm³/mol. The Morgan fingerprint density at radius 1 is 1.26 bits per heavy atom. The number of piperazine rings is 1. The van der Waals surface area contributed by atoms with E-state index in [1.54, 1.807) is 11.6 Å². The van der Waals surface area contributed by atoms with Crippen LogP contribution in [0.3, 0.4) is 0 Å². The number of amides is 2. The monoisotopic (exact) mass is 453 g/mol. The lowest BCUT2D eigenvalue weighted by Crippen LogP contribution is -2.54. The molecule has 142 valence electrons. The molecule has 0 aliphatic carbocycles. The highest BCUT2D eigenvalue weighted by molar-refractivity contribution is 9.10.